The smallest absolute Gasteiger partial charge is 0.233 e. The Balaban J connectivity index is 1.59. The van der Waals surface area contributed by atoms with Crippen molar-refractivity contribution in [1.82, 2.24) is 9.71 Å². The number of hydrogen-bond acceptors (Lipinski definition) is 5. The first kappa shape index (κ1) is 16.2. The number of rotatable bonds is 6. The number of hydrogen-bond donors (Lipinski definition) is 1. The monoisotopic (exact) mass is 349 g/mol. The van der Waals surface area contributed by atoms with Crippen LogP contribution in [0.15, 0.2) is 47.3 Å². The number of nitrogens with one attached hydrogen (secondary N) is 1. The second kappa shape index (κ2) is 7.25. The normalized spacial score (nSPS) is 18.8. The maximum atomic E-state index is 12.1. The van der Waals surface area contributed by atoms with Crippen LogP contribution in [0, 0.1) is 0 Å². The largest absolute Gasteiger partial charge is 0.344 e. The molecule has 1 fully saturated rings. The maximum Gasteiger partial charge on any atom is 0.233 e. The minimum atomic E-state index is -3.43. The minimum absolute atomic E-state index is 0.168. The van der Waals surface area contributed by atoms with Crippen LogP contribution in [0.3, 0.4) is 0 Å². The van der Waals surface area contributed by atoms with Crippen molar-refractivity contribution in [1.29, 1.82) is 0 Å². The number of sulfonamides is 1. The van der Waals surface area contributed by atoms with Gasteiger partial charge in [0, 0.05) is 36.1 Å². The zero-order chi connectivity index (χ0) is 16.1. The first-order valence-electron chi connectivity index (χ1n) is 7.53. The predicted molar refractivity (Wildman–Crippen MR) is 94.9 cm³/mol. The molecule has 1 aliphatic heterocycles. The molecule has 2 aromatic rings. The van der Waals surface area contributed by atoms with Crippen molar-refractivity contribution in [3.8, 4) is 0 Å². The summed E-state index contributed by atoms with van der Waals surface area (Å²) in [7, 11) is -3.43. The summed E-state index contributed by atoms with van der Waals surface area (Å²) < 4.78 is 26.9. The van der Waals surface area contributed by atoms with E-state index in [1.54, 1.807) is 23.6 Å². The van der Waals surface area contributed by atoms with E-state index < -0.39 is 10.0 Å². The number of thiazole rings is 1. The lowest BCUT2D eigenvalue weighted by Crippen LogP contribution is -2.39. The average Bonchev–Trinajstić information content (AvgIpc) is 3.23. The molecular formula is C16H19N3O2S2. The van der Waals surface area contributed by atoms with Gasteiger partial charge in [-0.1, -0.05) is 30.3 Å². The molecule has 7 heteroatoms. The van der Waals surface area contributed by atoms with Gasteiger partial charge in [0.15, 0.2) is 5.13 Å². The third-order valence-corrected chi connectivity index (χ3v) is 5.67. The van der Waals surface area contributed by atoms with E-state index in [2.05, 4.69) is 14.6 Å². The Hall–Kier alpha value is -1.70. The summed E-state index contributed by atoms with van der Waals surface area (Å²) in [5.41, 5.74) is 0.864. The van der Waals surface area contributed by atoms with Gasteiger partial charge in [0.25, 0.3) is 0 Å². The topological polar surface area (TPSA) is 62.3 Å². The summed E-state index contributed by atoms with van der Waals surface area (Å²) in [6.07, 6.45) is 5.42. The standard InChI is InChI=1S/C16H19N3O2S2/c20-23(21,12-8-14-5-2-1-3-6-14)18-13-15-7-4-10-19(15)16-17-9-11-22-16/h1-3,5-6,8-9,11-12,15,18H,4,7,10,13H2/b12-8+/t15-/m0/s1. The van der Waals surface area contributed by atoms with Crippen molar-refractivity contribution >= 4 is 32.6 Å². The Morgan fingerprint density at radius 3 is 2.91 bits per heavy atom. The van der Waals surface area contributed by atoms with Crippen LogP contribution in [-0.4, -0.2) is 32.5 Å². The summed E-state index contributed by atoms with van der Waals surface area (Å²) in [4.78, 5) is 6.51. The molecule has 122 valence electrons. The summed E-state index contributed by atoms with van der Waals surface area (Å²) >= 11 is 1.59. The molecular weight excluding hydrogens is 330 g/mol. The molecule has 5 nitrogen and oxygen atoms in total. The van der Waals surface area contributed by atoms with Gasteiger partial charge in [-0.25, -0.2) is 18.1 Å². The van der Waals surface area contributed by atoms with Gasteiger partial charge in [0.1, 0.15) is 0 Å². The van der Waals surface area contributed by atoms with Crippen LogP contribution in [0.5, 0.6) is 0 Å². The van der Waals surface area contributed by atoms with E-state index in [9.17, 15) is 8.42 Å². The van der Waals surface area contributed by atoms with E-state index in [1.165, 1.54) is 5.41 Å². The molecule has 23 heavy (non-hydrogen) atoms. The van der Waals surface area contributed by atoms with Crippen LogP contribution in [-0.2, 0) is 10.0 Å². The lowest BCUT2D eigenvalue weighted by molar-refractivity contribution is 0.575. The second-order valence-electron chi connectivity index (χ2n) is 5.41. The molecule has 1 N–H and O–H groups in total. The van der Waals surface area contributed by atoms with Crippen molar-refractivity contribution in [3.63, 3.8) is 0 Å². The SMILES string of the molecule is O=S(=O)(/C=C/c1ccccc1)NC[C@@H]1CCCN1c1nccs1. The van der Waals surface area contributed by atoms with Gasteiger partial charge >= 0.3 is 0 Å². The molecule has 3 rings (SSSR count). The van der Waals surface area contributed by atoms with Gasteiger partial charge in [-0.2, -0.15) is 0 Å². The molecule has 0 bridgehead atoms. The lowest BCUT2D eigenvalue weighted by atomic mass is 10.2. The molecule has 0 amide bonds. The molecule has 0 spiro atoms. The highest BCUT2D eigenvalue weighted by atomic mass is 32.2. The fraction of sp³-hybridized carbons (Fsp3) is 0.312. The van der Waals surface area contributed by atoms with Crippen LogP contribution < -0.4 is 9.62 Å². The number of benzene rings is 1. The van der Waals surface area contributed by atoms with Gasteiger partial charge in [0.2, 0.25) is 10.0 Å². The lowest BCUT2D eigenvalue weighted by Gasteiger charge is -2.23. The Bertz CT molecular complexity index is 743. The Labute approximate surface area is 140 Å². The quantitative estimate of drug-likeness (QED) is 0.871. The summed E-state index contributed by atoms with van der Waals surface area (Å²) in [6, 6.07) is 9.56. The summed E-state index contributed by atoms with van der Waals surface area (Å²) in [6.45, 7) is 1.33. The first-order chi connectivity index (χ1) is 11.1. The van der Waals surface area contributed by atoms with Gasteiger partial charge < -0.3 is 4.90 Å². The van der Waals surface area contributed by atoms with Crippen LogP contribution >= 0.6 is 11.3 Å². The summed E-state index contributed by atoms with van der Waals surface area (Å²) in [5.74, 6) is 0. The molecule has 1 atom stereocenters. The number of nitrogens with zero attached hydrogens (tertiary/aromatic N) is 2. The molecule has 0 radical (unpaired) electrons. The molecule has 1 saturated heterocycles. The van der Waals surface area contributed by atoms with E-state index in [0.717, 1.165) is 30.1 Å². The fourth-order valence-electron chi connectivity index (χ4n) is 2.65. The first-order valence-corrected chi connectivity index (χ1v) is 9.95. The zero-order valence-electron chi connectivity index (χ0n) is 12.6. The third kappa shape index (κ3) is 4.40. The Morgan fingerprint density at radius 1 is 1.35 bits per heavy atom. The molecule has 1 aromatic carbocycles. The molecule has 1 aromatic heterocycles. The fourth-order valence-corrected chi connectivity index (χ4v) is 4.25. The van der Waals surface area contributed by atoms with Crippen molar-refractivity contribution in [2.45, 2.75) is 18.9 Å². The van der Waals surface area contributed by atoms with Crippen LogP contribution in [0.1, 0.15) is 18.4 Å². The van der Waals surface area contributed by atoms with Crippen LogP contribution in [0.4, 0.5) is 5.13 Å². The van der Waals surface area contributed by atoms with Gasteiger partial charge in [-0.3, -0.25) is 0 Å². The highest BCUT2D eigenvalue weighted by Crippen LogP contribution is 2.26. The van der Waals surface area contributed by atoms with E-state index in [1.807, 2.05) is 35.7 Å². The molecule has 0 aliphatic carbocycles. The van der Waals surface area contributed by atoms with E-state index >= 15 is 0 Å². The molecule has 2 heterocycles. The zero-order valence-corrected chi connectivity index (χ0v) is 14.3. The van der Waals surface area contributed by atoms with Crippen molar-refractivity contribution in [2.75, 3.05) is 18.0 Å². The minimum Gasteiger partial charge on any atom is -0.344 e. The van der Waals surface area contributed by atoms with Crippen LogP contribution in [0.25, 0.3) is 6.08 Å². The van der Waals surface area contributed by atoms with Gasteiger partial charge in [-0.15, -0.1) is 11.3 Å². The maximum absolute atomic E-state index is 12.1. The van der Waals surface area contributed by atoms with Gasteiger partial charge in [-0.05, 0) is 24.5 Å². The Kier molecular flexibility index (Phi) is 5.09. The third-order valence-electron chi connectivity index (χ3n) is 3.80. The molecule has 1 aliphatic rings. The highest BCUT2D eigenvalue weighted by molar-refractivity contribution is 7.92. The van der Waals surface area contributed by atoms with Crippen molar-refractivity contribution in [2.24, 2.45) is 0 Å². The predicted octanol–water partition coefficient (Wildman–Crippen LogP) is 2.70. The summed E-state index contributed by atoms with van der Waals surface area (Å²) in [5, 5.41) is 4.13. The number of anilines is 1. The average molecular weight is 349 g/mol. The van der Waals surface area contributed by atoms with E-state index in [-0.39, 0.29) is 6.04 Å². The van der Waals surface area contributed by atoms with Crippen LogP contribution in [0.2, 0.25) is 0 Å². The highest BCUT2D eigenvalue weighted by Gasteiger charge is 2.27. The van der Waals surface area contributed by atoms with Crippen molar-refractivity contribution < 1.29 is 8.42 Å². The molecule has 0 unspecified atom stereocenters. The molecule has 0 saturated carbocycles. The Morgan fingerprint density at radius 2 is 2.17 bits per heavy atom. The van der Waals surface area contributed by atoms with Crippen molar-refractivity contribution in [3.05, 3.63) is 52.9 Å². The van der Waals surface area contributed by atoms with E-state index in [4.69, 9.17) is 0 Å². The number of aromatic nitrogens is 1. The van der Waals surface area contributed by atoms with E-state index in [0.29, 0.717) is 6.54 Å². The van der Waals surface area contributed by atoms with Gasteiger partial charge in [0.05, 0.1) is 0 Å². The second-order valence-corrected chi connectivity index (χ2v) is 7.93.